The maximum absolute atomic E-state index is 4.93. The van der Waals surface area contributed by atoms with Crippen molar-refractivity contribution >= 4 is 39.6 Å². The number of nitrogens with zero attached hydrogens (tertiary/aromatic N) is 2. The maximum atomic E-state index is 4.93. The average molecular weight is 2120 g/mol. The Kier molecular flexibility index (Phi) is 52.7. The van der Waals surface area contributed by atoms with E-state index in [-0.39, 0.29) is 68.8 Å². The van der Waals surface area contributed by atoms with Gasteiger partial charge in [0.15, 0.2) is 0 Å². The van der Waals surface area contributed by atoms with Gasteiger partial charge < -0.3 is 54.2 Å². The number of benzene rings is 5. The molecule has 0 aromatic heterocycles. The summed E-state index contributed by atoms with van der Waals surface area (Å²) in [5, 5.41) is 7.94. The van der Waals surface area contributed by atoms with Crippen LogP contribution in [0.25, 0.3) is 16.2 Å². The molecule has 0 amide bonds. The second-order valence-electron chi connectivity index (χ2n) is 39.9. The number of hydrogen-bond donors (Lipinski definition) is 0. The van der Waals surface area contributed by atoms with Gasteiger partial charge in [0.05, 0.1) is 0 Å². The predicted octanol–water partition coefficient (Wildman–Crippen LogP) is 37.0. The Morgan fingerprint density at radius 1 is 0.373 bits per heavy atom. The first kappa shape index (κ1) is 117. The molecule has 0 heterocycles. The first-order valence-corrected chi connectivity index (χ1v) is 63.7. The van der Waals surface area contributed by atoms with Crippen molar-refractivity contribution in [2.24, 2.45) is 94.7 Å². The van der Waals surface area contributed by atoms with Crippen LogP contribution in [0.2, 0.25) is 0 Å². The van der Waals surface area contributed by atoms with Crippen LogP contribution in [-0.4, -0.2) is 26.2 Å². The predicted molar refractivity (Wildman–Crippen MR) is 581 cm³/mol. The monoisotopic (exact) mass is 2110 g/mol. The second kappa shape index (κ2) is 60.1. The Labute approximate surface area is 878 Å². The van der Waals surface area contributed by atoms with Crippen molar-refractivity contribution < 1.29 is 67.9 Å². The van der Waals surface area contributed by atoms with Crippen LogP contribution < -0.4 is 0 Å². The molecule has 15 aliphatic carbocycles. The molecule has 5 aromatic carbocycles. The summed E-state index contributed by atoms with van der Waals surface area (Å²) in [5.41, 5.74) is 19.2. The Morgan fingerprint density at radius 3 is 1.04 bits per heavy atom. The molecule has 2 nitrogen and oxygen atoms in total. The van der Waals surface area contributed by atoms with Crippen molar-refractivity contribution in [3.8, 4) is 0 Å². The average Bonchev–Trinajstić information content (AvgIpc) is 1.54. The minimum absolute atomic E-state index is 0. The van der Waals surface area contributed by atoms with E-state index in [0.29, 0.717) is 28.1 Å². The number of hydrogen-bond acceptors (Lipinski definition) is 0. The van der Waals surface area contributed by atoms with E-state index in [1.54, 1.807) is 44.5 Å². The van der Waals surface area contributed by atoms with E-state index in [4.69, 9.17) is 34.1 Å². The number of fused-ring (bicyclic) bond motifs is 8. The SMILES string of the molecule is C=CCCC1=CC(C2(C3C=CC=C3)CCCc3ccccc32)c2ccccc21.C=CCCC1CC(C2(C3CCCC3)CCCc3ccccc32)C2C=CC=CC12.C=CCCC1CC(C2(C3CCCC3)CCCc3ccccc32)C2C=CC=CC12.C=CCCC1CC([C@@]2(C3[CH-]CCC3)CCCc3ccccc32)C2C=CC=CC12.CC[N-]CC.CC[N-]CC.[CH3-].[CH3-].[CH3-].[CH3-].[CH3-].[Cl][Zr+2][Cl].[Cl][Zr+2][Cl].[Zr+4]. The molecule has 9 heteroatoms. The van der Waals surface area contributed by atoms with Crippen molar-refractivity contribution in [3.05, 3.63) is 385 Å². The fourth-order valence-electron chi connectivity index (χ4n) is 29.5. The van der Waals surface area contributed by atoms with Crippen LogP contribution in [0.5, 0.6) is 0 Å². The summed E-state index contributed by atoms with van der Waals surface area (Å²) in [6.07, 6.45) is 98.1. The summed E-state index contributed by atoms with van der Waals surface area (Å²) in [5.74, 6) is 12.8. The van der Waals surface area contributed by atoms with Gasteiger partial charge in [0.25, 0.3) is 0 Å². The van der Waals surface area contributed by atoms with Crippen molar-refractivity contribution in [2.75, 3.05) is 26.2 Å². The van der Waals surface area contributed by atoms with Gasteiger partial charge in [0.2, 0.25) is 0 Å². The summed E-state index contributed by atoms with van der Waals surface area (Å²) >= 11 is -1.65. The van der Waals surface area contributed by atoms with Crippen LogP contribution in [0.15, 0.2) is 275 Å². The molecule has 17 unspecified atom stereocenters. The molecular weight excluding hydrogens is 1940 g/mol. The van der Waals surface area contributed by atoms with Gasteiger partial charge in [0, 0.05) is 28.1 Å². The molecular formula is C125H170Cl4N2Zr3. The molecule has 0 N–H and O–H groups in total. The van der Waals surface area contributed by atoms with Crippen LogP contribution in [0.1, 0.15) is 282 Å². The van der Waals surface area contributed by atoms with Crippen LogP contribution >= 0.6 is 34.1 Å². The molecule has 0 radical (unpaired) electrons. The summed E-state index contributed by atoms with van der Waals surface area (Å²) in [6.45, 7) is 28.0. The van der Waals surface area contributed by atoms with Gasteiger partial charge in [-0.15, -0.1) is 26.3 Å². The molecule has 720 valence electrons. The van der Waals surface area contributed by atoms with Gasteiger partial charge in [-0.05, 0) is 323 Å². The summed E-state index contributed by atoms with van der Waals surface area (Å²) < 4.78 is 0. The Morgan fingerprint density at radius 2 is 0.687 bits per heavy atom. The molecule has 0 bridgehead atoms. The van der Waals surface area contributed by atoms with Crippen LogP contribution in [0.4, 0.5) is 0 Å². The van der Waals surface area contributed by atoms with E-state index < -0.39 is 41.7 Å². The smallest absolute Gasteiger partial charge is 4.00 e. The van der Waals surface area contributed by atoms with Gasteiger partial charge in [0.1, 0.15) is 0 Å². The number of halogens is 4. The minimum Gasteiger partial charge on any atom is 4.00 e. The van der Waals surface area contributed by atoms with Crippen molar-refractivity contribution in [2.45, 2.75) is 274 Å². The summed E-state index contributed by atoms with van der Waals surface area (Å²) in [6, 6.07) is 47.0. The number of allylic oxidation sites excluding steroid dienone is 22. The molecule has 15 aliphatic rings. The Bertz CT molecular complexity index is 4260. The van der Waals surface area contributed by atoms with Crippen molar-refractivity contribution in [3.63, 3.8) is 0 Å². The van der Waals surface area contributed by atoms with Gasteiger partial charge in [-0.3, -0.25) is 0 Å². The number of aryl methyl sites for hydroxylation is 4. The first-order chi connectivity index (χ1) is 63.0. The quantitative estimate of drug-likeness (QED) is 0.0435. The fraction of sp³-hybridized carbons (Fsp3) is 0.504. The molecule has 20 rings (SSSR count). The van der Waals surface area contributed by atoms with E-state index in [2.05, 4.69) is 286 Å². The van der Waals surface area contributed by atoms with Gasteiger partial charge in [-0.1, -0.05) is 315 Å². The van der Waals surface area contributed by atoms with Crippen molar-refractivity contribution in [1.82, 2.24) is 0 Å². The molecule has 5 aromatic rings. The second-order valence-corrected chi connectivity index (χ2v) is 47.3. The fourth-order valence-corrected chi connectivity index (χ4v) is 29.5. The molecule has 0 aliphatic heterocycles. The van der Waals surface area contributed by atoms with Gasteiger partial charge >= 0.3 is 102 Å². The third kappa shape index (κ3) is 26.5. The van der Waals surface area contributed by atoms with E-state index in [1.807, 2.05) is 33.8 Å². The van der Waals surface area contributed by atoms with Crippen molar-refractivity contribution in [1.29, 1.82) is 0 Å². The summed E-state index contributed by atoms with van der Waals surface area (Å²) in [4.78, 5) is 0. The van der Waals surface area contributed by atoms with Crippen LogP contribution in [0.3, 0.4) is 0 Å². The third-order valence-electron chi connectivity index (χ3n) is 34.2. The molecule has 6 saturated carbocycles. The Hall–Kier alpha value is -3.55. The van der Waals surface area contributed by atoms with Crippen LogP contribution in [-0.2, 0) is 115 Å². The van der Waals surface area contributed by atoms with E-state index in [0.717, 1.165) is 134 Å². The first-order valence-electron chi connectivity index (χ1n) is 51.0. The van der Waals surface area contributed by atoms with E-state index in [1.165, 1.54) is 216 Å². The third-order valence-corrected chi connectivity index (χ3v) is 34.2. The van der Waals surface area contributed by atoms with Gasteiger partial charge in [-0.25, -0.2) is 0 Å². The molecule has 0 saturated heterocycles. The normalized spacial score (nSPS) is 29.7. The zero-order valence-electron chi connectivity index (χ0n) is 84.2. The molecule has 0 spiro atoms. The number of rotatable bonds is 24. The minimum atomic E-state index is -0.826. The van der Waals surface area contributed by atoms with Gasteiger partial charge in [-0.2, -0.15) is 38.5 Å². The van der Waals surface area contributed by atoms with E-state index >= 15 is 0 Å². The summed E-state index contributed by atoms with van der Waals surface area (Å²) in [7, 11) is 19.7. The van der Waals surface area contributed by atoms with E-state index in [9.17, 15) is 0 Å². The van der Waals surface area contributed by atoms with Crippen LogP contribution in [0, 0.1) is 138 Å². The molecule has 18 atom stereocenters. The molecule has 134 heavy (non-hydrogen) atoms. The Balaban J connectivity index is 0.000000228. The topological polar surface area (TPSA) is 28.2 Å². The maximum Gasteiger partial charge on any atom is 4.00 e. The standard InChI is InChI=1S/2C28H36.C28H35.C28H28.2C4H10N.5CH3.4ClH.3Zr/c4*1-2-3-11-22-20-27(25-17-8-7-16-24(22)25)28(23-14-5-6-15-23)19-10-13-21-12-4-9-18-26(21)28;2*1-3-5-4-2;;;;;;;;;;;;/h2*2,4,7-9,12,16-18,22-25,27H,1,3,5-6,10-11,13-15,19-20H2;2,4,7-9,12,14,16-18,22-25,27H,1,3,5-6,10-11,13,15,19-20H2;2,4-9,12,14-18,20,23,27H,1,3,10-11,13,19H2;2*3-4H2,1-2H3;5*1H3;4*1H;;;/q;;-1;;7*-1;;;;;3*+4/p-4/t;;22?,23?,24?,25?,27?,28-;;;;;;;;;;;;;;;/m..1.............../s1. The zero-order chi connectivity index (χ0) is 89.6. The zero-order valence-corrected chi connectivity index (χ0v) is 94.6. The largest absolute Gasteiger partial charge is 4.00 e. The molecule has 6 fully saturated rings.